The highest BCUT2D eigenvalue weighted by Gasteiger charge is 2.16. The number of nitrogens with two attached hydrogens (primary N) is 1. The van der Waals surface area contributed by atoms with Crippen molar-refractivity contribution in [3.8, 4) is 0 Å². The zero-order valence-electron chi connectivity index (χ0n) is 9.67. The van der Waals surface area contributed by atoms with E-state index >= 15 is 0 Å². The summed E-state index contributed by atoms with van der Waals surface area (Å²) in [5.41, 5.74) is 7.84. The van der Waals surface area contributed by atoms with Crippen LogP contribution in [0.25, 0.3) is 11.1 Å². The molecule has 0 saturated heterocycles. The maximum absolute atomic E-state index is 5.90. The van der Waals surface area contributed by atoms with Crippen molar-refractivity contribution >= 4 is 32.7 Å². The number of hydrogen-bond acceptors (Lipinski definition) is 4. The molecular formula is C12H11BrN4O. The van der Waals surface area contributed by atoms with Crippen molar-refractivity contribution in [1.29, 1.82) is 0 Å². The van der Waals surface area contributed by atoms with Crippen LogP contribution in [0.15, 0.2) is 39.5 Å². The minimum absolute atomic E-state index is 0.0643. The number of fused-ring (bicyclic) bond motifs is 1. The molecule has 0 aliphatic heterocycles. The van der Waals surface area contributed by atoms with E-state index in [2.05, 4.69) is 26.0 Å². The number of oxazole rings is 1. The molecule has 5 nitrogen and oxygen atoms in total. The highest BCUT2D eigenvalue weighted by Crippen LogP contribution is 2.29. The molecule has 0 fully saturated rings. The van der Waals surface area contributed by atoms with Gasteiger partial charge in [0.2, 0.25) is 5.89 Å². The Morgan fingerprint density at radius 1 is 1.44 bits per heavy atom. The summed E-state index contributed by atoms with van der Waals surface area (Å²) >= 11 is 3.39. The Bertz CT molecular complexity index is 689. The Kier molecular flexibility index (Phi) is 2.59. The molecule has 1 atom stereocenters. The molecule has 3 rings (SSSR count). The van der Waals surface area contributed by atoms with Crippen molar-refractivity contribution in [2.45, 2.75) is 13.0 Å². The maximum atomic E-state index is 5.90. The van der Waals surface area contributed by atoms with Crippen LogP contribution in [0.2, 0.25) is 0 Å². The molecule has 2 aromatic heterocycles. The number of halogens is 1. The van der Waals surface area contributed by atoms with Gasteiger partial charge in [0.15, 0.2) is 5.58 Å². The number of nitrogen functional groups attached to an aromatic ring is 1. The standard InChI is InChI=1S/C12H11BrN4O/c1-7(17-4-2-3-15-17)12-16-10-6-8(13)5-9(14)11(10)18-12/h2-7H,14H2,1H3. The fourth-order valence-electron chi connectivity index (χ4n) is 1.84. The fourth-order valence-corrected chi connectivity index (χ4v) is 2.31. The largest absolute Gasteiger partial charge is 0.436 e. The van der Waals surface area contributed by atoms with E-state index in [1.807, 2.05) is 25.3 Å². The first-order chi connectivity index (χ1) is 8.65. The quantitative estimate of drug-likeness (QED) is 0.739. The summed E-state index contributed by atoms with van der Waals surface area (Å²) < 4.78 is 8.40. The Morgan fingerprint density at radius 3 is 3.00 bits per heavy atom. The van der Waals surface area contributed by atoms with Crippen LogP contribution in [0, 0.1) is 0 Å². The predicted molar refractivity (Wildman–Crippen MR) is 72.2 cm³/mol. The van der Waals surface area contributed by atoms with E-state index in [1.165, 1.54) is 0 Å². The first kappa shape index (κ1) is 11.3. The Labute approximate surface area is 112 Å². The van der Waals surface area contributed by atoms with E-state index in [0.29, 0.717) is 17.2 Å². The summed E-state index contributed by atoms with van der Waals surface area (Å²) in [6, 6.07) is 5.49. The minimum Gasteiger partial charge on any atom is -0.436 e. The van der Waals surface area contributed by atoms with Gasteiger partial charge < -0.3 is 10.2 Å². The van der Waals surface area contributed by atoms with E-state index in [0.717, 1.165) is 9.99 Å². The molecule has 92 valence electrons. The topological polar surface area (TPSA) is 69.9 Å². The van der Waals surface area contributed by atoms with Gasteiger partial charge in [0.1, 0.15) is 11.6 Å². The van der Waals surface area contributed by atoms with E-state index in [-0.39, 0.29) is 6.04 Å². The van der Waals surface area contributed by atoms with Crippen molar-refractivity contribution < 1.29 is 4.42 Å². The lowest BCUT2D eigenvalue weighted by molar-refractivity contribution is 0.428. The third-order valence-electron chi connectivity index (χ3n) is 2.78. The van der Waals surface area contributed by atoms with Crippen LogP contribution < -0.4 is 5.73 Å². The van der Waals surface area contributed by atoms with Gasteiger partial charge >= 0.3 is 0 Å². The lowest BCUT2D eigenvalue weighted by Gasteiger charge is -2.06. The second-order valence-electron chi connectivity index (χ2n) is 4.06. The van der Waals surface area contributed by atoms with Gasteiger partial charge in [-0.05, 0) is 25.1 Å². The van der Waals surface area contributed by atoms with E-state index in [1.54, 1.807) is 16.9 Å². The number of benzene rings is 1. The predicted octanol–water partition coefficient (Wildman–Crippen LogP) is 2.98. The lowest BCUT2D eigenvalue weighted by atomic mass is 10.3. The molecule has 0 bridgehead atoms. The number of nitrogens with zero attached hydrogens (tertiary/aromatic N) is 3. The van der Waals surface area contributed by atoms with Crippen LogP contribution in [0.1, 0.15) is 18.9 Å². The summed E-state index contributed by atoms with van der Waals surface area (Å²) in [4.78, 5) is 4.45. The summed E-state index contributed by atoms with van der Waals surface area (Å²) in [5.74, 6) is 0.596. The molecule has 3 aromatic rings. The lowest BCUT2D eigenvalue weighted by Crippen LogP contribution is -2.07. The molecular weight excluding hydrogens is 296 g/mol. The molecule has 2 N–H and O–H groups in total. The summed E-state index contributed by atoms with van der Waals surface area (Å²) in [6.45, 7) is 1.98. The maximum Gasteiger partial charge on any atom is 0.220 e. The second-order valence-corrected chi connectivity index (χ2v) is 4.97. The first-order valence-corrected chi connectivity index (χ1v) is 6.29. The van der Waals surface area contributed by atoms with E-state index in [4.69, 9.17) is 10.2 Å². The third kappa shape index (κ3) is 1.78. The Balaban J connectivity index is 2.11. The molecule has 0 spiro atoms. The normalized spacial score (nSPS) is 13.0. The number of rotatable bonds is 2. The third-order valence-corrected chi connectivity index (χ3v) is 3.24. The smallest absolute Gasteiger partial charge is 0.220 e. The highest BCUT2D eigenvalue weighted by atomic mass is 79.9. The molecule has 6 heteroatoms. The van der Waals surface area contributed by atoms with Crippen molar-refractivity contribution in [3.05, 3.63) is 41.0 Å². The molecule has 1 unspecified atom stereocenters. The van der Waals surface area contributed by atoms with Crippen molar-refractivity contribution in [2.24, 2.45) is 0 Å². The second kappa shape index (κ2) is 4.13. The molecule has 0 aliphatic carbocycles. The van der Waals surface area contributed by atoms with Crippen molar-refractivity contribution in [1.82, 2.24) is 14.8 Å². The molecule has 1 aromatic carbocycles. The number of hydrogen-bond donors (Lipinski definition) is 1. The van der Waals surface area contributed by atoms with Crippen LogP contribution in [0.4, 0.5) is 5.69 Å². The average molecular weight is 307 g/mol. The van der Waals surface area contributed by atoms with Crippen LogP contribution in [0.3, 0.4) is 0 Å². The van der Waals surface area contributed by atoms with Crippen LogP contribution >= 0.6 is 15.9 Å². The summed E-state index contributed by atoms with van der Waals surface area (Å²) in [5, 5.41) is 4.18. The zero-order valence-corrected chi connectivity index (χ0v) is 11.3. The van der Waals surface area contributed by atoms with E-state index < -0.39 is 0 Å². The van der Waals surface area contributed by atoms with E-state index in [9.17, 15) is 0 Å². The average Bonchev–Trinajstić information content (AvgIpc) is 2.96. The zero-order chi connectivity index (χ0) is 12.7. The Morgan fingerprint density at radius 2 is 2.28 bits per heavy atom. The first-order valence-electron chi connectivity index (χ1n) is 5.50. The molecule has 0 amide bonds. The summed E-state index contributed by atoms with van der Waals surface area (Å²) in [6.07, 6.45) is 3.60. The number of aromatic nitrogens is 3. The number of anilines is 1. The molecule has 0 aliphatic rings. The van der Waals surface area contributed by atoms with Crippen LogP contribution in [-0.4, -0.2) is 14.8 Å². The van der Waals surface area contributed by atoms with Crippen molar-refractivity contribution in [3.63, 3.8) is 0 Å². The Hall–Kier alpha value is -1.82. The van der Waals surface area contributed by atoms with Gasteiger partial charge in [-0.2, -0.15) is 5.10 Å². The molecule has 0 radical (unpaired) electrons. The summed E-state index contributed by atoms with van der Waals surface area (Å²) in [7, 11) is 0. The van der Waals surface area contributed by atoms with Gasteiger partial charge in [-0.3, -0.25) is 4.68 Å². The van der Waals surface area contributed by atoms with Gasteiger partial charge in [0.05, 0.1) is 5.69 Å². The molecule has 18 heavy (non-hydrogen) atoms. The van der Waals surface area contributed by atoms with Gasteiger partial charge in [0, 0.05) is 16.9 Å². The van der Waals surface area contributed by atoms with Crippen molar-refractivity contribution in [2.75, 3.05) is 5.73 Å². The van der Waals surface area contributed by atoms with Gasteiger partial charge in [-0.15, -0.1) is 0 Å². The van der Waals surface area contributed by atoms with Crippen LogP contribution in [0.5, 0.6) is 0 Å². The van der Waals surface area contributed by atoms with Gasteiger partial charge in [-0.25, -0.2) is 4.98 Å². The molecule has 0 saturated carbocycles. The highest BCUT2D eigenvalue weighted by molar-refractivity contribution is 9.10. The fraction of sp³-hybridized carbons (Fsp3) is 0.167. The monoisotopic (exact) mass is 306 g/mol. The van der Waals surface area contributed by atoms with Crippen LogP contribution in [-0.2, 0) is 0 Å². The molecule has 2 heterocycles. The van der Waals surface area contributed by atoms with Gasteiger partial charge in [-0.1, -0.05) is 15.9 Å². The van der Waals surface area contributed by atoms with Gasteiger partial charge in [0.25, 0.3) is 0 Å². The minimum atomic E-state index is -0.0643. The SMILES string of the molecule is CC(c1nc2cc(Br)cc(N)c2o1)n1cccn1.